The summed E-state index contributed by atoms with van der Waals surface area (Å²) in [5, 5.41) is 0. The van der Waals surface area contributed by atoms with E-state index in [9.17, 15) is 0 Å². The van der Waals surface area contributed by atoms with Crippen molar-refractivity contribution in [3.05, 3.63) is 38.2 Å². The third-order valence-electron chi connectivity index (χ3n) is 1.42. The van der Waals surface area contributed by atoms with Gasteiger partial charge in [0.15, 0.2) is 0 Å². The van der Waals surface area contributed by atoms with Crippen molar-refractivity contribution in [2.24, 2.45) is 0 Å². The number of rotatable bonds is 8. The highest BCUT2D eigenvalue weighted by atomic mass is 16.5. The Labute approximate surface area is 74.8 Å². The highest BCUT2D eigenvalue weighted by molar-refractivity contribution is 4.79. The van der Waals surface area contributed by atoms with Gasteiger partial charge in [0.25, 0.3) is 0 Å². The standard InChI is InChI=1S/C10H17NO/c1-4-7-11(8-5-2)9-10-12-6-3/h4-6H,1-3,7-10H2. The molecule has 0 aromatic heterocycles. The van der Waals surface area contributed by atoms with Gasteiger partial charge in [-0.3, -0.25) is 4.90 Å². The third-order valence-corrected chi connectivity index (χ3v) is 1.42. The molecule has 0 unspecified atom stereocenters. The van der Waals surface area contributed by atoms with Crippen molar-refractivity contribution in [1.82, 2.24) is 4.90 Å². The maximum atomic E-state index is 5.01. The Morgan fingerprint density at radius 2 is 1.67 bits per heavy atom. The van der Waals surface area contributed by atoms with Crippen LogP contribution in [0.2, 0.25) is 0 Å². The van der Waals surface area contributed by atoms with Gasteiger partial charge in [0.05, 0.1) is 12.9 Å². The van der Waals surface area contributed by atoms with E-state index in [4.69, 9.17) is 4.74 Å². The van der Waals surface area contributed by atoms with E-state index in [1.165, 1.54) is 6.26 Å². The van der Waals surface area contributed by atoms with E-state index >= 15 is 0 Å². The van der Waals surface area contributed by atoms with Gasteiger partial charge in [-0.05, 0) is 0 Å². The summed E-state index contributed by atoms with van der Waals surface area (Å²) in [6.07, 6.45) is 5.20. The van der Waals surface area contributed by atoms with Crippen molar-refractivity contribution < 1.29 is 4.74 Å². The van der Waals surface area contributed by atoms with Gasteiger partial charge in [-0.2, -0.15) is 0 Å². The van der Waals surface area contributed by atoms with Crippen LogP contribution in [0, 0.1) is 0 Å². The molecule has 0 atom stereocenters. The Kier molecular flexibility index (Phi) is 7.39. The van der Waals surface area contributed by atoms with E-state index in [0.29, 0.717) is 6.61 Å². The van der Waals surface area contributed by atoms with Crippen LogP contribution >= 0.6 is 0 Å². The zero-order chi connectivity index (χ0) is 9.23. The Balaban J connectivity index is 3.53. The van der Waals surface area contributed by atoms with Crippen LogP contribution in [0.15, 0.2) is 38.2 Å². The van der Waals surface area contributed by atoms with E-state index < -0.39 is 0 Å². The van der Waals surface area contributed by atoms with E-state index in [1.54, 1.807) is 0 Å². The van der Waals surface area contributed by atoms with Crippen LogP contribution in [-0.4, -0.2) is 31.1 Å². The van der Waals surface area contributed by atoms with Crippen molar-refractivity contribution in [2.45, 2.75) is 0 Å². The van der Waals surface area contributed by atoms with Crippen LogP contribution in [0.4, 0.5) is 0 Å². The lowest BCUT2D eigenvalue weighted by Gasteiger charge is -2.17. The van der Waals surface area contributed by atoms with Gasteiger partial charge in [-0.25, -0.2) is 0 Å². The van der Waals surface area contributed by atoms with E-state index in [0.717, 1.165) is 19.6 Å². The first-order valence-electron chi connectivity index (χ1n) is 4.01. The Hall–Kier alpha value is -1.02. The Morgan fingerprint density at radius 1 is 1.08 bits per heavy atom. The summed E-state index contributed by atoms with van der Waals surface area (Å²) in [6.45, 7) is 14.1. The molecule has 0 rings (SSSR count). The van der Waals surface area contributed by atoms with Gasteiger partial charge in [0.1, 0.15) is 0 Å². The van der Waals surface area contributed by atoms with E-state index in [2.05, 4.69) is 24.6 Å². The SMILES string of the molecule is C=CCN(CC=C)CCOC=C. The van der Waals surface area contributed by atoms with Gasteiger partial charge >= 0.3 is 0 Å². The number of nitrogens with zero attached hydrogens (tertiary/aromatic N) is 1. The molecule has 0 aliphatic heterocycles. The van der Waals surface area contributed by atoms with E-state index in [-0.39, 0.29) is 0 Å². The summed E-state index contributed by atoms with van der Waals surface area (Å²) in [7, 11) is 0. The normalized spacial score (nSPS) is 9.42. The second kappa shape index (κ2) is 8.08. The molecular weight excluding hydrogens is 150 g/mol. The fourth-order valence-electron chi connectivity index (χ4n) is 0.887. The quantitative estimate of drug-likeness (QED) is 0.310. The molecular formula is C10H17NO. The maximum absolute atomic E-state index is 5.01. The first-order chi connectivity index (χ1) is 5.85. The highest BCUT2D eigenvalue weighted by Gasteiger charge is 1.98. The molecule has 0 spiro atoms. The average Bonchev–Trinajstić information content (AvgIpc) is 2.06. The lowest BCUT2D eigenvalue weighted by Crippen LogP contribution is -2.27. The molecule has 0 aliphatic rings. The number of hydrogen-bond acceptors (Lipinski definition) is 2. The van der Waals surface area contributed by atoms with Crippen LogP contribution in [-0.2, 0) is 4.74 Å². The molecule has 0 heterocycles. The first-order valence-corrected chi connectivity index (χ1v) is 4.01. The summed E-state index contributed by atoms with van der Waals surface area (Å²) in [6, 6.07) is 0. The second-order valence-electron chi connectivity index (χ2n) is 2.37. The van der Waals surface area contributed by atoms with Crippen molar-refractivity contribution in [2.75, 3.05) is 26.2 Å². The molecule has 68 valence electrons. The van der Waals surface area contributed by atoms with Gasteiger partial charge in [0, 0.05) is 19.6 Å². The van der Waals surface area contributed by atoms with Crippen molar-refractivity contribution in [1.29, 1.82) is 0 Å². The highest BCUT2D eigenvalue weighted by Crippen LogP contribution is 1.89. The molecule has 0 saturated heterocycles. The fraction of sp³-hybridized carbons (Fsp3) is 0.400. The van der Waals surface area contributed by atoms with Gasteiger partial charge < -0.3 is 4.74 Å². The maximum Gasteiger partial charge on any atom is 0.1000 e. The van der Waals surface area contributed by atoms with Crippen LogP contribution < -0.4 is 0 Å². The minimum atomic E-state index is 0.672. The smallest absolute Gasteiger partial charge is 0.1000 e. The summed E-state index contributed by atoms with van der Waals surface area (Å²) in [5.41, 5.74) is 0. The molecule has 0 N–H and O–H groups in total. The minimum Gasteiger partial charge on any atom is -0.500 e. The third kappa shape index (κ3) is 5.74. The van der Waals surface area contributed by atoms with Gasteiger partial charge in [0.2, 0.25) is 0 Å². The Bertz CT molecular complexity index is 133. The van der Waals surface area contributed by atoms with Gasteiger partial charge in [-0.15, -0.1) is 13.2 Å². The molecule has 2 heteroatoms. The lowest BCUT2D eigenvalue weighted by molar-refractivity contribution is 0.196. The largest absolute Gasteiger partial charge is 0.500 e. The molecule has 0 saturated carbocycles. The molecule has 0 aliphatic carbocycles. The molecule has 2 nitrogen and oxygen atoms in total. The topological polar surface area (TPSA) is 12.5 Å². The van der Waals surface area contributed by atoms with Crippen molar-refractivity contribution in [3.8, 4) is 0 Å². The van der Waals surface area contributed by atoms with Crippen LogP contribution in [0.3, 0.4) is 0 Å². The molecule has 0 bridgehead atoms. The average molecular weight is 167 g/mol. The molecule has 0 aromatic carbocycles. The van der Waals surface area contributed by atoms with Crippen LogP contribution in [0.1, 0.15) is 0 Å². The molecule has 0 amide bonds. The summed E-state index contributed by atoms with van der Waals surface area (Å²) >= 11 is 0. The zero-order valence-corrected chi connectivity index (χ0v) is 7.54. The van der Waals surface area contributed by atoms with Crippen LogP contribution in [0.25, 0.3) is 0 Å². The lowest BCUT2D eigenvalue weighted by atomic mass is 10.4. The predicted octanol–water partition coefficient (Wildman–Crippen LogP) is 1.82. The number of ether oxygens (including phenoxy) is 1. The first kappa shape index (κ1) is 11.0. The summed E-state index contributed by atoms with van der Waals surface area (Å²) in [5.74, 6) is 0. The fourth-order valence-corrected chi connectivity index (χ4v) is 0.887. The molecule has 0 fully saturated rings. The van der Waals surface area contributed by atoms with Crippen molar-refractivity contribution >= 4 is 0 Å². The molecule has 12 heavy (non-hydrogen) atoms. The summed E-state index contributed by atoms with van der Waals surface area (Å²) < 4.78 is 5.01. The number of hydrogen-bond donors (Lipinski definition) is 0. The predicted molar refractivity (Wildman–Crippen MR) is 53.0 cm³/mol. The minimum absolute atomic E-state index is 0.672. The second-order valence-corrected chi connectivity index (χ2v) is 2.37. The monoisotopic (exact) mass is 167 g/mol. The van der Waals surface area contributed by atoms with Crippen LogP contribution in [0.5, 0.6) is 0 Å². The van der Waals surface area contributed by atoms with Gasteiger partial charge in [-0.1, -0.05) is 18.7 Å². The Morgan fingerprint density at radius 3 is 2.08 bits per heavy atom. The molecule has 0 radical (unpaired) electrons. The van der Waals surface area contributed by atoms with E-state index in [1.807, 2.05) is 12.2 Å². The zero-order valence-electron chi connectivity index (χ0n) is 7.54. The summed E-state index contributed by atoms with van der Waals surface area (Å²) in [4.78, 5) is 2.18. The molecule has 0 aromatic rings. The van der Waals surface area contributed by atoms with Crippen molar-refractivity contribution in [3.63, 3.8) is 0 Å².